The van der Waals surface area contributed by atoms with Gasteiger partial charge in [0, 0.05) is 5.41 Å². The Morgan fingerprint density at radius 2 is 1.54 bits per heavy atom. The molecule has 20 atom stereocenters. The fraction of sp³-hybridized carbons (Fsp3) is 0.911. The van der Waals surface area contributed by atoms with Crippen molar-refractivity contribution in [1.29, 1.82) is 0 Å². The van der Waals surface area contributed by atoms with Crippen molar-refractivity contribution in [2.24, 2.45) is 56.7 Å². The molecule has 7 N–H and O–H groups in total. The zero-order valence-electron chi connectivity index (χ0n) is 36.3. The van der Waals surface area contributed by atoms with Crippen molar-refractivity contribution in [1.82, 2.24) is 5.32 Å². The largest absolute Gasteiger partial charge is 0.465 e. The molecule has 14 nitrogen and oxygen atoms in total. The molecule has 7 fully saturated rings. The summed E-state index contributed by atoms with van der Waals surface area (Å²) < 4.78 is 29.6. The Labute approximate surface area is 349 Å². The summed E-state index contributed by atoms with van der Waals surface area (Å²) in [7, 11) is 0. The van der Waals surface area contributed by atoms with Gasteiger partial charge in [-0.2, -0.15) is 0 Å². The summed E-state index contributed by atoms with van der Waals surface area (Å²) in [5.41, 5.74) is -0.356. The standard InChI is InChI=1S/C45H73NO13/c1-9-55-31(49)20-46-40(54)45-17-12-25(23(2)3)32(45)26-10-11-29-41(5)15-14-30(42(6,22-47)28(41)13-16-44(29,8)43(26,7)18-19-45)58-39-37(34(51)27(48)21-56-39)59-38-36(53)35(52)33(50)24(4)57-38/h24-30,32-39,47-48,50-53H,2,9-22H2,1,3-8H3,(H,46,54)/t24-,25-,26+,27-,28+,29+,30-,32+,33-,34-,35+,36+,37+,38-,39-,41-,42-,43+,44+,45-/m0/s1. The van der Waals surface area contributed by atoms with E-state index < -0.39 is 78.2 Å². The highest BCUT2D eigenvalue weighted by Gasteiger charge is 2.72. The van der Waals surface area contributed by atoms with E-state index in [2.05, 4.69) is 46.5 Å². The van der Waals surface area contributed by atoms with Crippen LogP contribution in [0.1, 0.15) is 113 Å². The number of amides is 1. The fourth-order valence-electron chi connectivity index (χ4n) is 14.8. The molecule has 7 aliphatic rings. The number of hydrogen-bond acceptors (Lipinski definition) is 13. The minimum atomic E-state index is -1.63. The summed E-state index contributed by atoms with van der Waals surface area (Å²) in [5.74, 6) is 0.664. The number of carbonyl (C=O) groups excluding carboxylic acids is 2. The summed E-state index contributed by atoms with van der Waals surface area (Å²) in [5, 5.41) is 67.5. The van der Waals surface area contributed by atoms with E-state index in [1.807, 2.05) is 0 Å². The van der Waals surface area contributed by atoms with Crippen molar-refractivity contribution in [3.63, 3.8) is 0 Å². The molecule has 7 rings (SSSR count). The summed E-state index contributed by atoms with van der Waals surface area (Å²) >= 11 is 0. The molecule has 336 valence electrons. The van der Waals surface area contributed by atoms with Crippen LogP contribution in [0.4, 0.5) is 0 Å². The number of ether oxygens (including phenoxy) is 5. The molecule has 0 radical (unpaired) electrons. The molecule has 0 bridgehead atoms. The van der Waals surface area contributed by atoms with Gasteiger partial charge in [-0.25, -0.2) is 0 Å². The van der Waals surface area contributed by atoms with Gasteiger partial charge in [0.2, 0.25) is 5.91 Å². The molecule has 0 spiro atoms. The number of aliphatic hydroxyl groups is 6. The fourth-order valence-corrected chi connectivity index (χ4v) is 14.8. The molecule has 5 aliphatic carbocycles. The van der Waals surface area contributed by atoms with E-state index in [0.29, 0.717) is 18.3 Å². The molecular formula is C45H73NO13. The number of rotatable bonds is 10. The second-order valence-corrected chi connectivity index (χ2v) is 20.7. The van der Waals surface area contributed by atoms with E-state index in [4.69, 9.17) is 23.7 Å². The van der Waals surface area contributed by atoms with Crippen LogP contribution < -0.4 is 5.32 Å². The SMILES string of the molecule is C=C(C)[C@@H]1CC[C@]2(C(=O)NCC(=O)OCC)CC[C@]3(C)[C@H](CC[C@@H]4[C@@]5(C)CC[C@H](O[C@@H]6OC[C@H](O)[C@H](O)[C@H]6O[C@@H]6O[C@@H](C)[C@H](O)[C@@H](O)[C@H]6O)[C@@](C)(CO)[C@@H]5CC[C@]43C)[C@@H]12. The molecule has 59 heavy (non-hydrogen) atoms. The predicted molar refractivity (Wildman–Crippen MR) is 214 cm³/mol. The molecule has 2 saturated heterocycles. The number of hydrogen-bond donors (Lipinski definition) is 7. The van der Waals surface area contributed by atoms with E-state index in [-0.39, 0.29) is 66.3 Å². The van der Waals surface area contributed by atoms with Crippen LogP contribution in [0.5, 0.6) is 0 Å². The van der Waals surface area contributed by atoms with Gasteiger partial charge >= 0.3 is 5.97 Å². The molecule has 0 aromatic heterocycles. The second-order valence-electron chi connectivity index (χ2n) is 20.7. The molecule has 1 amide bonds. The Morgan fingerprint density at radius 1 is 0.814 bits per heavy atom. The van der Waals surface area contributed by atoms with Crippen LogP contribution in [0.25, 0.3) is 0 Å². The third-order valence-corrected chi connectivity index (χ3v) is 18.1. The Balaban J connectivity index is 1.12. The van der Waals surface area contributed by atoms with Crippen LogP contribution in [0.15, 0.2) is 12.2 Å². The van der Waals surface area contributed by atoms with Gasteiger partial charge in [-0.3, -0.25) is 9.59 Å². The molecule has 2 heterocycles. The van der Waals surface area contributed by atoms with Crippen LogP contribution in [0.3, 0.4) is 0 Å². The highest BCUT2D eigenvalue weighted by molar-refractivity contribution is 5.87. The zero-order valence-corrected chi connectivity index (χ0v) is 36.3. The number of fused-ring (bicyclic) bond motifs is 7. The molecule has 0 aromatic rings. The van der Waals surface area contributed by atoms with E-state index in [1.165, 1.54) is 6.92 Å². The van der Waals surface area contributed by atoms with Crippen molar-refractivity contribution in [3.8, 4) is 0 Å². The zero-order chi connectivity index (χ0) is 43.0. The maximum Gasteiger partial charge on any atom is 0.325 e. The Morgan fingerprint density at radius 3 is 2.22 bits per heavy atom. The lowest BCUT2D eigenvalue weighted by molar-refractivity contribution is -0.366. The van der Waals surface area contributed by atoms with Gasteiger partial charge in [-0.1, -0.05) is 39.8 Å². The molecule has 5 saturated carbocycles. The molecule has 0 unspecified atom stereocenters. The predicted octanol–water partition coefficient (Wildman–Crippen LogP) is 2.97. The van der Waals surface area contributed by atoms with E-state index in [9.17, 15) is 40.2 Å². The first-order valence-electron chi connectivity index (χ1n) is 22.4. The van der Waals surface area contributed by atoms with Gasteiger partial charge in [0.1, 0.15) is 43.2 Å². The Kier molecular flexibility index (Phi) is 12.6. The number of allylic oxidation sites excluding steroid dienone is 1. The average molecular weight is 836 g/mol. The lowest BCUT2D eigenvalue weighted by Crippen LogP contribution is -2.68. The van der Waals surface area contributed by atoms with Gasteiger partial charge < -0.3 is 59.6 Å². The third kappa shape index (κ3) is 7.06. The Bertz CT molecular complexity index is 1580. The summed E-state index contributed by atoms with van der Waals surface area (Å²) in [4.78, 5) is 26.6. The Hall–Kier alpha value is -1.72. The smallest absolute Gasteiger partial charge is 0.325 e. The van der Waals surface area contributed by atoms with Gasteiger partial charge in [-0.05, 0) is 131 Å². The van der Waals surface area contributed by atoms with Crippen molar-refractivity contribution in [2.75, 3.05) is 26.4 Å². The topological polar surface area (TPSA) is 214 Å². The number of esters is 1. The first-order valence-corrected chi connectivity index (χ1v) is 22.4. The molecule has 2 aliphatic heterocycles. The summed E-state index contributed by atoms with van der Waals surface area (Å²) in [6.07, 6.45) is -3.94. The van der Waals surface area contributed by atoms with Crippen molar-refractivity contribution < 1.29 is 63.9 Å². The number of carbonyl (C=O) groups is 2. The minimum Gasteiger partial charge on any atom is -0.465 e. The maximum atomic E-state index is 14.3. The third-order valence-electron chi connectivity index (χ3n) is 18.1. The van der Waals surface area contributed by atoms with Crippen LogP contribution in [-0.4, -0.2) is 130 Å². The highest BCUT2D eigenvalue weighted by Crippen LogP contribution is 2.77. The van der Waals surface area contributed by atoms with Crippen molar-refractivity contribution in [3.05, 3.63) is 12.2 Å². The quantitative estimate of drug-likeness (QED) is 0.0960. The summed E-state index contributed by atoms with van der Waals surface area (Å²) in [6.45, 7) is 19.2. The number of aliphatic hydroxyl groups excluding tert-OH is 6. The average Bonchev–Trinajstić information content (AvgIpc) is 3.60. The van der Waals surface area contributed by atoms with Crippen molar-refractivity contribution in [2.45, 2.75) is 174 Å². The summed E-state index contributed by atoms with van der Waals surface area (Å²) in [6, 6.07) is 0. The van der Waals surface area contributed by atoms with Crippen LogP contribution in [0, 0.1) is 56.7 Å². The lowest BCUT2D eigenvalue weighted by atomic mass is 9.32. The van der Waals surface area contributed by atoms with Crippen LogP contribution in [-0.2, 0) is 33.3 Å². The van der Waals surface area contributed by atoms with Crippen LogP contribution >= 0.6 is 0 Å². The van der Waals surface area contributed by atoms with E-state index in [0.717, 1.165) is 63.4 Å². The first-order chi connectivity index (χ1) is 27.7. The highest BCUT2D eigenvalue weighted by atomic mass is 16.8. The monoisotopic (exact) mass is 836 g/mol. The molecule has 14 heteroatoms. The van der Waals surface area contributed by atoms with Crippen molar-refractivity contribution >= 4 is 11.9 Å². The number of nitrogens with one attached hydrogen (secondary N) is 1. The van der Waals surface area contributed by atoms with E-state index >= 15 is 0 Å². The minimum absolute atomic E-state index is 0.0219. The second kappa shape index (κ2) is 16.4. The van der Waals surface area contributed by atoms with Gasteiger partial charge in [0.25, 0.3) is 0 Å². The molecular weight excluding hydrogens is 762 g/mol. The van der Waals surface area contributed by atoms with E-state index in [1.54, 1.807) is 6.92 Å². The lowest BCUT2D eigenvalue weighted by Gasteiger charge is -2.73. The van der Waals surface area contributed by atoms with Crippen LogP contribution in [0.2, 0.25) is 0 Å². The first kappa shape index (κ1) is 45.3. The van der Waals surface area contributed by atoms with Gasteiger partial charge in [0.05, 0.1) is 37.4 Å². The maximum absolute atomic E-state index is 14.3. The van der Waals surface area contributed by atoms with Gasteiger partial charge in [-0.15, -0.1) is 0 Å². The normalized spacial score (nSPS) is 52.0. The van der Waals surface area contributed by atoms with Gasteiger partial charge in [0.15, 0.2) is 12.6 Å². The molecule has 0 aromatic carbocycles.